The van der Waals surface area contributed by atoms with Crippen molar-refractivity contribution < 1.29 is 19.1 Å². The molecule has 0 saturated carbocycles. The summed E-state index contributed by atoms with van der Waals surface area (Å²) in [5.41, 5.74) is 12.3. The number of carbonyl (C=O) groups is 2. The van der Waals surface area contributed by atoms with E-state index in [2.05, 4.69) is 20.2 Å². The largest absolute Gasteiger partial charge is 0.445 e. The molecule has 5 rings (SSSR count). The molecule has 3 heterocycles. The minimum Gasteiger partial charge on any atom is -0.445 e. The Morgan fingerprint density at radius 1 is 0.952 bits per heavy atom. The fraction of sp³-hybridized carbons (Fsp3) is 0.273. The van der Waals surface area contributed by atoms with Crippen LogP contribution >= 0.6 is 0 Å². The summed E-state index contributed by atoms with van der Waals surface area (Å²) < 4.78 is 10.7. The lowest BCUT2D eigenvalue weighted by Crippen LogP contribution is -2.37. The first-order chi connectivity index (χ1) is 20.6. The van der Waals surface area contributed by atoms with E-state index in [1.54, 1.807) is 18.6 Å². The van der Waals surface area contributed by atoms with Crippen LogP contribution in [-0.4, -0.2) is 54.7 Å². The third-order valence-corrected chi connectivity index (χ3v) is 7.21. The second-order valence-corrected chi connectivity index (χ2v) is 10.1. The molecule has 1 saturated heterocycles. The Bertz CT molecular complexity index is 1490. The average Bonchev–Trinajstić information content (AvgIpc) is 3.04. The minimum atomic E-state index is -0.420. The number of nitrogens with zero attached hydrogens (tertiary/aromatic N) is 3. The van der Waals surface area contributed by atoms with E-state index in [-0.39, 0.29) is 24.6 Å². The number of carbonyl (C=O) groups excluding carboxylic acids is 2. The lowest BCUT2D eigenvalue weighted by Gasteiger charge is -2.30. The van der Waals surface area contributed by atoms with Gasteiger partial charge in [-0.3, -0.25) is 9.78 Å². The zero-order valence-electron chi connectivity index (χ0n) is 23.5. The van der Waals surface area contributed by atoms with Gasteiger partial charge in [-0.15, -0.1) is 0 Å². The number of morpholine rings is 1. The monoisotopic (exact) mass is 565 g/mol. The zero-order chi connectivity index (χ0) is 29.1. The summed E-state index contributed by atoms with van der Waals surface area (Å²) >= 11 is 0. The Labute approximate surface area is 245 Å². The van der Waals surface area contributed by atoms with Gasteiger partial charge in [0.25, 0.3) is 0 Å². The zero-order valence-corrected chi connectivity index (χ0v) is 23.5. The molecule has 2 aromatic heterocycles. The van der Waals surface area contributed by atoms with Gasteiger partial charge in [0.1, 0.15) is 12.4 Å². The Morgan fingerprint density at radius 3 is 2.52 bits per heavy atom. The lowest BCUT2D eigenvalue weighted by molar-refractivity contribution is 0.0993. The topological polar surface area (TPSA) is 120 Å². The Morgan fingerprint density at radius 2 is 1.74 bits per heavy atom. The molecule has 9 heteroatoms. The van der Waals surface area contributed by atoms with E-state index >= 15 is 0 Å². The summed E-state index contributed by atoms with van der Waals surface area (Å²) in [5.74, 6) is 0.114. The van der Waals surface area contributed by atoms with E-state index in [1.807, 2.05) is 66.7 Å². The highest BCUT2D eigenvalue weighted by Crippen LogP contribution is 2.26. The summed E-state index contributed by atoms with van der Waals surface area (Å²) in [6, 6.07) is 21.5. The molecule has 0 aliphatic carbocycles. The van der Waals surface area contributed by atoms with Gasteiger partial charge in [-0.2, -0.15) is 0 Å². The van der Waals surface area contributed by atoms with Crippen molar-refractivity contribution in [3.05, 3.63) is 108 Å². The number of ketones is 1. The van der Waals surface area contributed by atoms with Crippen molar-refractivity contribution in [1.82, 2.24) is 15.3 Å². The Balaban J connectivity index is 1.15. The molecule has 1 aliphatic rings. The third-order valence-electron chi connectivity index (χ3n) is 7.21. The maximum absolute atomic E-state index is 13.4. The van der Waals surface area contributed by atoms with Crippen molar-refractivity contribution in [2.75, 3.05) is 43.5 Å². The van der Waals surface area contributed by atoms with Crippen molar-refractivity contribution in [2.24, 2.45) is 0 Å². The summed E-state index contributed by atoms with van der Waals surface area (Å²) in [6.07, 6.45) is 6.53. The summed E-state index contributed by atoms with van der Waals surface area (Å²) in [4.78, 5) is 36.1. The van der Waals surface area contributed by atoms with E-state index in [0.29, 0.717) is 25.3 Å². The normalized spacial score (nSPS) is 13.0. The summed E-state index contributed by atoms with van der Waals surface area (Å²) in [6.45, 7) is 3.64. The van der Waals surface area contributed by atoms with E-state index < -0.39 is 6.09 Å². The number of alkyl carbamates (subject to hydrolysis) is 1. The number of amides is 1. The van der Waals surface area contributed by atoms with Gasteiger partial charge in [-0.05, 0) is 41.7 Å². The van der Waals surface area contributed by atoms with Crippen LogP contribution in [0.1, 0.15) is 33.5 Å². The van der Waals surface area contributed by atoms with E-state index in [9.17, 15) is 9.59 Å². The molecule has 0 spiro atoms. The molecule has 4 aromatic rings. The predicted molar refractivity (Wildman–Crippen MR) is 162 cm³/mol. The molecule has 42 heavy (non-hydrogen) atoms. The molecule has 3 N–H and O–H groups in total. The fourth-order valence-electron chi connectivity index (χ4n) is 4.91. The second-order valence-electron chi connectivity index (χ2n) is 10.1. The minimum absolute atomic E-state index is 0.101. The van der Waals surface area contributed by atoms with Crippen molar-refractivity contribution in [3.8, 4) is 11.1 Å². The molecule has 216 valence electrons. The molecular formula is C33H35N5O4. The van der Waals surface area contributed by atoms with Gasteiger partial charge >= 0.3 is 6.09 Å². The Hall–Kier alpha value is -4.76. The van der Waals surface area contributed by atoms with E-state index in [0.717, 1.165) is 59.4 Å². The average molecular weight is 566 g/mol. The number of pyridine rings is 2. The molecule has 0 radical (unpaired) electrons. The quantitative estimate of drug-likeness (QED) is 0.196. The third kappa shape index (κ3) is 7.70. The number of nitrogen functional groups attached to an aromatic ring is 1. The van der Waals surface area contributed by atoms with E-state index in [1.165, 1.54) is 0 Å². The van der Waals surface area contributed by atoms with Crippen molar-refractivity contribution >= 4 is 23.4 Å². The predicted octanol–water partition coefficient (Wildman–Crippen LogP) is 4.85. The van der Waals surface area contributed by atoms with Gasteiger partial charge in [0, 0.05) is 61.5 Å². The first kappa shape index (κ1) is 28.8. The number of aromatic nitrogens is 2. The van der Waals surface area contributed by atoms with Crippen LogP contribution in [0.4, 0.5) is 16.3 Å². The number of ether oxygens (including phenoxy) is 2. The van der Waals surface area contributed by atoms with Crippen LogP contribution in [0.15, 0.2) is 85.3 Å². The first-order valence-electron chi connectivity index (χ1n) is 14.1. The molecule has 1 amide bonds. The maximum atomic E-state index is 13.4. The summed E-state index contributed by atoms with van der Waals surface area (Å²) in [5, 5.41) is 2.80. The molecular weight excluding hydrogens is 530 g/mol. The van der Waals surface area contributed by atoms with Gasteiger partial charge in [0.15, 0.2) is 5.78 Å². The Kier molecular flexibility index (Phi) is 9.74. The molecule has 0 atom stereocenters. The van der Waals surface area contributed by atoms with Crippen molar-refractivity contribution in [2.45, 2.75) is 25.9 Å². The second kappa shape index (κ2) is 14.2. The standard InChI is InChI=1S/C33H35N5O4/c34-32-29(31(39)20-28-21-35-14-12-30(28)38-15-17-41-18-16-38)19-27(22-37-32)26-10-8-24(9-11-26)7-4-13-36-33(40)42-23-25-5-2-1-3-6-25/h1-3,5-6,8-12,14,19,21-22H,4,7,13,15-18,20,23H2,(H2,34,37)(H,36,40). The van der Waals surface area contributed by atoms with Gasteiger partial charge in [0.05, 0.1) is 18.8 Å². The van der Waals surface area contributed by atoms with Crippen LogP contribution in [0.2, 0.25) is 0 Å². The number of nitrogens with two attached hydrogens (primary N) is 1. The highest BCUT2D eigenvalue weighted by Gasteiger charge is 2.19. The van der Waals surface area contributed by atoms with Gasteiger partial charge in [-0.25, -0.2) is 9.78 Å². The fourth-order valence-corrected chi connectivity index (χ4v) is 4.91. The van der Waals surface area contributed by atoms with Gasteiger partial charge in [-0.1, -0.05) is 54.6 Å². The number of rotatable bonds is 11. The molecule has 9 nitrogen and oxygen atoms in total. The number of benzene rings is 2. The molecule has 0 unspecified atom stereocenters. The number of anilines is 2. The van der Waals surface area contributed by atoms with Crippen molar-refractivity contribution in [3.63, 3.8) is 0 Å². The molecule has 1 fully saturated rings. The number of hydrogen-bond donors (Lipinski definition) is 2. The van der Waals surface area contributed by atoms with Crippen LogP contribution in [0, 0.1) is 0 Å². The highest BCUT2D eigenvalue weighted by atomic mass is 16.5. The molecule has 1 aliphatic heterocycles. The molecule has 2 aromatic carbocycles. The van der Waals surface area contributed by atoms with Crippen LogP contribution in [0.3, 0.4) is 0 Å². The highest BCUT2D eigenvalue weighted by molar-refractivity contribution is 6.02. The smallest absolute Gasteiger partial charge is 0.407 e. The maximum Gasteiger partial charge on any atom is 0.407 e. The number of hydrogen-bond acceptors (Lipinski definition) is 8. The van der Waals surface area contributed by atoms with Gasteiger partial charge < -0.3 is 25.4 Å². The van der Waals surface area contributed by atoms with Crippen LogP contribution in [0.25, 0.3) is 11.1 Å². The van der Waals surface area contributed by atoms with Crippen LogP contribution in [-0.2, 0) is 28.9 Å². The SMILES string of the molecule is Nc1ncc(-c2ccc(CCCNC(=O)OCc3ccccc3)cc2)cc1C(=O)Cc1cnccc1N1CCOCC1. The number of nitrogens with one attached hydrogen (secondary N) is 1. The van der Waals surface area contributed by atoms with E-state index in [4.69, 9.17) is 15.2 Å². The van der Waals surface area contributed by atoms with Gasteiger partial charge in [0.2, 0.25) is 0 Å². The number of Topliss-reactive ketones (excluding diaryl/α,β-unsaturated/α-hetero) is 1. The summed E-state index contributed by atoms with van der Waals surface area (Å²) in [7, 11) is 0. The lowest BCUT2D eigenvalue weighted by atomic mass is 9.98. The molecule has 0 bridgehead atoms. The van der Waals surface area contributed by atoms with Crippen LogP contribution in [0.5, 0.6) is 0 Å². The van der Waals surface area contributed by atoms with Crippen molar-refractivity contribution in [1.29, 1.82) is 0 Å². The van der Waals surface area contributed by atoms with Crippen LogP contribution < -0.4 is 16.0 Å². The number of aryl methyl sites for hydroxylation is 1. The first-order valence-corrected chi connectivity index (χ1v) is 14.1.